The van der Waals surface area contributed by atoms with Crippen LogP contribution in [0.5, 0.6) is 0 Å². The van der Waals surface area contributed by atoms with Crippen molar-refractivity contribution >= 4 is 17.7 Å². The predicted octanol–water partition coefficient (Wildman–Crippen LogP) is 3.36. The number of aliphatic hydroxyl groups is 1. The first kappa shape index (κ1) is 29.3. The second-order valence-corrected chi connectivity index (χ2v) is 12.4. The summed E-state index contributed by atoms with van der Waals surface area (Å²) in [5, 5.41) is 10.7. The van der Waals surface area contributed by atoms with Gasteiger partial charge in [0.1, 0.15) is 11.6 Å². The van der Waals surface area contributed by atoms with E-state index in [9.17, 15) is 19.5 Å². The highest BCUT2D eigenvalue weighted by Gasteiger charge is 2.75. The second-order valence-electron chi connectivity index (χ2n) is 12.4. The highest BCUT2D eigenvalue weighted by molar-refractivity contribution is 6.00. The zero-order valence-corrected chi connectivity index (χ0v) is 25.0. The van der Waals surface area contributed by atoms with E-state index in [0.29, 0.717) is 32.6 Å². The Balaban J connectivity index is 1.43. The second kappa shape index (κ2) is 11.7. The van der Waals surface area contributed by atoms with Gasteiger partial charge in [0.2, 0.25) is 17.7 Å². The van der Waals surface area contributed by atoms with Crippen molar-refractivity contribution in [2.24, 2.45) is 11.8 Å². The first-order valence-corrected chi connectivity index (χ1v) is 15.5. The normalized spacial score (nSPS) is 30.6. The summed E-state index contributed by atoms with van der Waals surface area (Å²) in [4.78, 5) is 48.9. The molecule has 0 aliphatic carbocycles. The molecule has 0 aromatic heterocycles. The molecule has 4 aliphatic rings. The molecule has 0 bridgehead atoms. The molecule has 0 radical (unpaired) electrons. The maximum atomic E-state index is 14.8. The van der Waals surface area contributed by atoms with Crippen LogP contribution in [0.25, 0.3) is 0 Å². The SMILES string of the molecule is CCCCN1CC=C[C@]23O[C@@]4(C)C=CCN(Cc5ccccc5)C(=O)[C@H]4[C@H]2C(=O)N([C@@H](CO)Cc2ccccc2)C3C1=O. The summed E-state index contributed by atoms with van der Waals surface area (Å²) < 4.78 is 6.95. The quantitative estimate of drug-likeness (QED) is 0.458. The number of carbonyl (C=O) groups excluding carboxylic acids is 3. The molecule has 6 rings (SSSR count). The maximum absolute atomic E-state index is 14.8. The molecule has 4 heterocycles. The summed E-state index contributed by atoms with van der Waals surface area (Å²) in [5.41, 5.74) is -0.467. The van der Waals surface area contributed by atoms with Crippen LogP contribution in [0.15, 0.2) is 85.0 Å². The highest BCUT2D eigenvalue weighted by Crippen LogP contribution is 2.58. The Bertz CT molecular complexity index is 1410. The molecule has 4 aliphatic heterocycles. The average Bonchev–Trinajstić information content (AvgIpc) is 3.30. The Labute approximate surface area is 253 Å². The third-order valence-corrected chi connectivity index (χ3v) is 9.58. The van der Waals surface area contributed by atoms with Gasteiger partial charge in [0.25, 0.3) is 0 Å². The van der Waals surface area contributed by atoms with E-state index in [1.165, 1.54) is 0 Å². The Morgan fingerprint density at radius 1 is 0.860 bits per heavy atom. The van der Waals surface area contributed by atoms with Crippen molar-refractivity contribution in [1.29, 1.82) is 0 Å². The van der Waals surface area contributed by atoms with Crippen LogP contribution >= 0.6 is 0 Å². The minimum absolute atomic E-state index is 0.163. The maximum Gasteiger partial charge on any atom is 0.249 e. The van der Waals surface area contributed by atoms with Gasteiger partial charge in [0, 0.05) is 26.2 Å². The van der Waals surface area contributed by atoms with Gasteiger partial charge in [0.05, 0.1) is 30.1 Å². The smallest absolute Gasteiger partial charge is 0.249 e. The van der Waals surface area contributed by atoms with E-state index in [2.05, 4.69) is 6.92 Å². The number of unbranched alkanes of at least 4 members (excludes halogenated alkanes) is 1. The zero-order chi connectivity index (χ0) is 30.2. The number of benzene rings is 2. The van der Waals surface area contributed by atoms with Gasteiger partial charge < -0.3 is 24.5 Å². The Kier molecular flexibility index (Phi) is 8.00. The fourth-order valence-electron chi connectivity index (χ4n) is 7.58. The number of rotatable bonds is 9. The fraction of sp³-hybridized carbons (Fsp3) is 0.457. The molecule has 43 heavy (non-hydrogen) atoms. The molecule has 0 saturated carbocycles. The van der Waals surface area contributed by atoms with Crippen LogP contribution in [0.4, 0.5) is 0 Å². The molecule has 8 heteroatoms. The molecule has 226 valence electrons. The van der Waals surface area contributed by atoms with E-state index in [0.717, 1.165) is 24.0 Å². The number of ether oxygens (including phenoxy) is 1. The summed E-state index contributed by atoms with van der Waals surface area (Å²) >= 11 is 0. The van der Waals surface area contributed by atoms with Crippen LogP contribution in [0.3, 0.4) is 0 Å². The molecule has 2 aromatic rings. The van der Waals surface area contributed by atoms with E-state index >= 15 is 0 Å². The minimum atomic E-state index is -1.34. The zero-order valence-electron chi connectivity index (χ0n) is 25.0. The van der Waals surface area contributed by atoms with Crippen molar-refractivity contribution in [2.45, 2.75) is 62.9 Å². The van der Waals surface area contributed by atoms with Crippen LogP contribution in [0.1, 0.15) is 37.8 Å². The molecular weight excluding hydrogens is 542 g/mol. The standard InChI is InChI=1S/C35H41N3O5/c1-3-4-19-36-20-12-18-35-29(32(41)38(30(35)33(36)42)27(24-39)22-25-13-7-5-8-14-25)28-31(40)37(21-11-17-34(28,2)43-35)23-26-15-9-6-10-16-26/h5-18,27-30,39H,3-4,19-24H2,1-2H3/t27-,28-,29+,30?,34+,35+/m1/s1. The number of amides is 3. The number of aliphatic hydroxyl groups excluding tert-OH is 1. The first-order valence-electron chi connectivity index (χ1n) is 15.5. The molecule has 2 aromatic carbocycles. The molecule has 1 N–H and O–H groups in total. The van der Waals surface area contributed by atoms with Crippen LogP contribution in [-0.2, 0) is 32.1 Å². The Hall–Kier alpha value is -3.75. The lowest BCUT2D eigenvalue weighted by Gasteiger charge is -2.40. The fourth-order valence-corrected chi connectivity index (χ4v) is 7.58. The lowest BCUT2D eigenvalue weighted by atomic mass is 9.74. The lowest BCUT2D eigenvalue weighted by Crippen LogP contribution is -2.59. The minimum Gasteiger partial charge on any atom is -0.394 e. The van der Waals surface area contributed by atoms with Crippen molar-refractivity contribution in [2.75, 3.05) is 26.2 Å². The van der Waals surface area contributed by atoms with E-state index in [4.69, 9.17) is 4.74 Å². The van der Waals surface area contributed by atoms with Gasteiger partial charge in [-0.1, -0.05) is 98.3 Å². The Morgan fingerprint density at radius 2 is 1.51 bits per heavy atom. The van der Waals surface area contributed by atoms with Crippen molar-refractivity contribution in [3.05, 3.63) is 96.1 Å². The third-order valence-electron chi connectivity index (χ3n) is 9.58. The average molecular weight is 584 g/mol. The largest absolute Gasteiger partial charge is 0.394 e. The summed E-state index contributed by atoms with van der Waals surface area (Å²) in [6, 6.07) is 17.8. The van der Waals surface area contributed by atoms with Gasteiger partial charge in [-0.3, -0.25) is 14.4 Å². The topological polar surface area (TPSA) is 90.4 Å². The molecule has 8 nitrogen and oxygen atoms in total. The van der Waals surface area contributed by atoms with Crippen LogP contribution in [0, 0.1) is 11.8 Å². The number of carbonyl (C=O) groups is 3. The van der Waals surface area contributed by atoms with Crippen LogP contribution in [-0.4, -0.2) is 87.1 Å². The van der Waals surface area contributed by atoms with E-state index in [-0.39, 0.29) is 24.3 Å². The molecule has 3 amide bonds. The summed E-state index contributed by atoms with van der Waals surface area (Å²) in [7, 11) is 0. The van der Waals surface area contributed by atoms with Crippen molar-refractivity contribution in [3.63, 3.8) is 0 Å². The van der Waals surface area contributed by atoms with Crippen molar-refractivity contribution < 1.29 is 24.2 Å². The van der Waals surface area contributed by atoms with Crippen LogP contribution in [0.2, 0.25) is 0 Å². The van der Waals surface area contributed by atoms with Gasteiger partial charge in [0.15, 0.2) is 0 Å². The number of hydrogen-bond donors (Lipinski definition) is 1. The summed E-state index contributed by atoms with van der Waals surface area (Å²) in [6.07, 6.45) is 9.79. The van der Waals surface area contributed by atoms with Gasteiger partial charge in [-0.05, 0) is 30.9 Å². The van der Waals surface area contributed by atoms with Gasteiger partial charge in [-0.2, -0.15) is 0 Å². The van der Waals surface area contributed by atoms with Gasteiger partial charge in [-0.15, -0.1) is 0 Å². The summed E-state index contributed by atoms with van der Waals surface area (Å²) in [6.45, 7) is 5.40. The van der Waals surface area contributed by atoms with E-state index < -0.39 is 35.1 Å². The predicted molar refractivity (Wildman–Crippen MR) is 162 cm³/mol. The van der Waals surface area contributed by atoms with Gasteiger partial charge >= 0.3 is 0 Å². The van der Waals surface area contributed by atoms with Crippen LogP contribution < -0.4 is 0 Å². The van der Waals surface area contributed by atoms with Gasteiger partial charge in [-0.25, -0.2) is 0 Å². The highest BCUT2D eigenvalue weighted by atomic mass is 16.5. The number of nitrogens with zero attached hydrogens (tertiary/aromatic N) is 3. The monoisotopic (exact) mass is 583 g/mol. The molecule has 1 spiro atoms. The van der Waals surface area contributed by atoms with Crippen molar-refractivity contribution in [1.82, 2.24) is 14.7 Å². The molecule has 2 fully saturated rings. The van der Waals surface area contributed by atoms with E-state index in [1.807, 2.05) is 91.9 Å². The van der Waals surface area contributed by atoms with Crippen molar-refractivity contribution in [3.8, 4) is 0 Å². The molecular formula is C35H41N3O5. The number of hydrogen-bond acceptors (Lipinski definition) is 5. The Morgan fingerprint density at radius 3 is 2.19 bits per heavy atom. The third kappa shape index (κ3) is 5.00. The van der Waals surface area contributed by atoms with E-state index in [1.54, 1.807) is 14.7 Å². The number of likely N-dealkylation sites (tertiary alicyclic amines) is 1. The summed E-state index contributed by atoms with van der Waals surface area (Å²) in [5.74, 6) is -2.41. The molecule has 6 atom stereocenters. The lowest BCUT2D eigenvalue weighted by molar-refractivity contribution is -0.155. The number of fused-ring (bicyclic) bond motifs is 2. The first-order chi connectivity index (χ1) is 20.8. The molecule has 2 saturated heterocycles. The molecule has 1 unspecified atom stereocenters.